The third-order valence-electron chi connectivity index (χ3n) is 4.31. The second-order valence-corrected chi connectivity index (χ2v) is 6.05. The molecule has 0 bridgehead atoms. The van der Waals surface area contributed by atoms with Crippen molar-refractivity contribution in [3.8, 4) is 0 Å². The van der Waals surface area contributed by atoms with Crippen LogP contribution in [0.5, 0.6) is 0 Å². The SMILES string of the molecule is O=C(Nc1cnc2nccn2c1)C1CC(OCc2ccccc2)C1. The van der Waals surface area contributed by atoms with Gasteiger partial charge in [-0.2, -0.15) is 0 Å². The van der Waals surface area contributed by atoms with Crippen LogP contribution in [0.1, 0.15) is 18.4 Å². The highest BCUT2D eigenvalue weighted by atomic mass is 16.5. The molecule has 2 aromatic heterocycles. The van der Waals surface area contributed by atoms with E-state index in [1.807, 2.05) is 36.5 Å². The Balaban J connectivity index is 1.26. The van der Waals surface area contributed by atoms with Gasteiger partial charge in [0.15, 0.2) is 0 Å². The number of fused-ring (bicyclic) bond motifs is 1. The fraction of sp³-hybridized carbons (Fsp3) is 0.278. The molecule has 24 heavy (non-hydrogen) atoms. The van der Waals surface area contributed by atoms with Crippen molar-refractivity contribution in [2.24, 2.45) is 5.92 Å². The van der Waals surface area contributed by atoms with Gasteiger partial charge in [0.25, 0.3) is 0 Å². The van der Waals surface area contributed by atoms with Gasteiger partial charge < -0.3 is 10.1 Å². The van der Waals surface area contributed by atoms with Crippen LogP contribution in [0.3, 0.4) is 0 Å². The van der Waals surface area contributed by atoms with Crippen molar-refractivity contribution in [2.75, 3.05) is 5.32 Å². The van der Waals surface area contributed by atoms with Crippen LogP contribution in [0.15, 0.2) is 55.1 Å². The highest BCUT2D eigenvalue weighted by Gasteiger charge is 2.35. The minimum Gasteiger partial charge on any atom is -0.373 e. The molecule has 6 nitrogen and oxygen atoms in total. The Morgan fingerprint density at radius 2 is 2.08 bits per heavy atom. The van der Waals surface area contributed by atoms with Crippen LogP contribution in [-0.2, 0) is 16.1 Å². The summed E-state index contributed by atoms with van der Waals surface area (Å²) in [6.45, 7) is 0.598. The first-order chi connectivity index (χ1) is 11.8. The van der Waals surface area contributed by atoms with Crippen LogP contribution in [0, 0.1) is 5.92 Å². The van der Waals surface area contributed by atoms with Gasteiger partial charge in [-0.1, -0.05) is 30.3 Å². The van der Waals surface area contributed by atoms with E-state index in [9.17, 15) is 4.79 Å². The second-order valence-electron chi connectivity index (χ2n) is 6.05. The molecule has 0 aliphatic heterocycles. The van der Waals surface area contributed by atoms with Crippen LogP contribution >= 0.6 is 0 Å². The summed E-state index contributed by atoms with van der Waals surface area (Å²) in [6, 6.07) is 10.1. The largest absolute Gasteiger partial charge is 0.373 e. The maximum Gasteiger partial charge on any atom is 0.233 e. The van der Waals surface area contributed by atoms with Crippen molar-refractivity contribution in [3.05, 3.63) is 60.7 Å². The molecule has 1 N–H and O–H groups in total. The number of benzene rings is 1. The Bertz CT molecular complexity index is 840. The summed E-state index contributed by atoms with van der Waals surface area (Å²) in [6.07, 6.45) is 8.61. The molecule has 4 rings (SSSR count). The molecule has 0 saturated heterocycles. The number of hydrogen-bond donors (Lipinski definition) is 1. The van der Waals surface area contributed by atoms with Gasteiger partial charge in [0.05, 0.1) is 24.6 Å². The number of carbonyl (C=O) groups excluding carboxylic acids is 1. The first kappa shape index (κ1) is 14.8. The van der Waals surface area contributed by atoms with Crippen LogP contribution in [-0.4, -0.2) is 26.4 Å². The Morgan fingerprint density at radius 3 is 2.92 bits per heavy atom. The Morgan fingerprint density at radius 1 is 1.25 bits per heavy atom. The van der Waals surface area contributed by atoms with E-state index < -0.39 is 0 Å². The van der Waals surface area contributed by atoms with E-state index in [1.54, 1.807) is 23.0 Å². The smallest absolute Gasteiger partial charge is 0.233 e. The quantitative estimate of drug-likeness (QED) is 0.784. The highest BCUT2D eigenvalue weighted by molar-refractivity contribution is 5.92. The Kier molecular flexibility index (Phi) is 3.96. The van der Waals surface area contributed by atoms with Crippen molar-refractivity contribution in [2.45, 2.75) is 25.6 Å². The van der Waals surface area contributed by atoms with E-state index in [4.69, 9.17) is 4.74 Å². The number of ether oxygens (including phenoxy) is 1. The molecule has 0 atom stereocenters. The van der Waals surface area contributed by atoms with Crippen molar-refractivity contribution in [1.29, 1.82) is 0 Å². The van der Waals surface area contributed by atoms with Crippen LogP contribution in [0.2, 0.25) is 0 Å². The van der Waals surface area contributed by atoms with Crippen molar-refractivity contribution >= 4 is 17.4 Å². The summed E-state index contributed by atoms with van der Waals surface area (Å²) < 4.78 is 7.62. The second kappa shape index (κ2) is 6.41. The molecule has 6 heteroatoms. The van der Waals surface area contributed by atoms with E-state index in [0.29, 0.717) is 18.1 Å². The number of hydrogen-bond acceptors (Lipinski definition) is 4. The number of carbonyl (C=O) groups is 1. The summed E-state index contributed by atoms with van der Waals surface area (Å²) in [5, 5.41) is 2.91. The third-order valence-corrected chi connectivity index (χ3v) is 4.31. The third kappa shape index (κ3) is 3.14. The Hall–Kier alpha value is -2.73. The lowest BCUT2D eigenvalue weighted by Gasteiger charge is -2.34. The molecule has 1 aliphatic carbocycles. The molecule has 3 aromatic rings. The molecule has 0 unspecified atom stereocenters. The average Bonchev–Trinajstić information content (AvgIpc) is 3.02. The molecule has 2 heterocycles. The molecular formula is C18H18N4O2. The molecule has 1 saturated carbocycles. The van der Waals surface area contributed by atoms with Gasteiger partial charge in [-0.05, 0) is 18.4 Å². The van der Waals surface area contributed by atoms with Crippen LogP contribution in [0.4, 0.5) is 5.69 Å². The zero-order chi connectivity index (χ0) is 16.4. The molecule has 122 valence electrons. The lowest BCUT2D eigenvalue weighted by atomic mass is 9.81. The maximum absolute atomic E-state index is 12.3. The van der Waals surface area contributed by atoms with E-state index in [2.05, 4.69) is 15.3 Å². The monoisotopic (exact) mass is 322 g/mol. The fourth-order valence-electron chi connectivity index (χ4n) is 2.83. The normalized spacial score (nSPS) is 19.8. The van der Waals surface area contributed by atoms with Gasteiger partial charge in [-0.15, -0.1) is 0 Å². The number of rotatable bonds is 5. The van der Waals surface area contributed by atoms with Gasteiger partial charge in [0.2, 0.25) is 11.7 Å². The van der Waals surface area contributed by atoms with Crippen molar-refractivity contribution in [3.63, 3.8) is 0 Å². The lowest BCUT2D eigenvalue weighted by Crippen LogP contribution is -2.39. The summed E-state index contributed by atoms with van der Waals surface area (Å²) in [4.78, 5) is 20.5. The molecule has 0 spiro atoms. The van der Waals surface area contributed by atoms with Crippen LogP contribution < -0.4 is 5.32 Å². The van der Waals surface area contributed by atoms with Gasteiger partial charge in [0.1, 0.15) is 0 Å². The number of amides is 1. The van der Waals surface area contributed by atoms with Gasteiger partial charge in [-0.25, -0.2) is 9.97 Å². The number of nitrogens with zero attached hydrogens (tertiary/aromatic N) is 3. The summed E-state index contributed by atoms with van der Waals surface area (Å²) in [7, 11) is 0. The zero-order valence-corrected chi connectivity index (χ0v) is 13.1. The summed E-state index contributed by atoms with van der Waals surface area (Å²) in [5.74, 6) is 0.645. The summed E-state index contributed by atoms with van der Waals surface area (Å²) in [5.41, 5.74) is 1.84. The van der Waals surface area contributed by atoms with Crippen molar-refractivity contribution < 1.29 is 9.53 Å². The van der Waals surface area contributed by atoms with Crippen molar-refractivity contribution in [1.82, 2.24) is 14.4 Å². The number of nitrogens with one attached hydrogen (secondary N) is 1. The lowest BCUT2D eigenvalue weighted by molar-refractivity contribution is -0.129. The Labute approximate surface area is 139 Å². The topological polar surface area (TPSA) is 68.5 Å². The summed E-state index contributed by atoms with van der Waals surface area (Å²) >= 11 is 0. The standard InChI is InChI=1S/C18H18N4O2/c23-17(21-15-10-20-18-19-6-7-22(18)11-15)14-8-16(9-14)24-12-13-4-2-1-3-5-13/h1-7,10-11,14,16H,8-9,12H2,(H,21,23). The molecule has 1 amide bonds. The van der Waals surface area contributed by atoms with Gasteiger partial charge in [0, 0.05) is 24.5 Å². The average molecular weight is 322 g/mol. The molecular weight excluding hydrogens is 304 g/mol. The highest BCUT2D eigenvalue weighted by Crippen LogP contribution is 2.31. The van der Waals surface area contributed by atoms with Gasteiger partial charge >= 0.3 is 0 Å². The van der Waals surface area contributed by atoms with E-state index in [-0.39, 0.29) is 17.9 Å². The van der Waals surface area contributed by atoms with E-state index in [1.165, 1.54) is 0 Å². The minimum absolute atomic E-state index is 0.00394. The number of anilines is 1. The number of aromatic nitrogens is 3. The number of imidazole rings is 1. The van der Waals surface area contributed by atoms with Crippen LogP contribution in [0.25, 0.3) is 5.78 Å². The first-order valence-electron chi connectivity index (χ1n) is 8.03. The van der Waals surface area contributed by atoms with E-state index >= 15 is 0 Å². The minimum atomic E-state index is 0.00394. The van der Waals surface area contributed by atoms with Gasteiger partial charge in [-0.3, -0.25) is 9.20 Å². The molecule has 1 aliphatic rings. The zero-order valence-electron chi connectivity index (χ0n) is 13.1. The molecule has 0 radical (unpaired) electrons. The van der Waals surface area contributed by atoms with E-state index in [0.717, 1.165) is 18.4 Å². The fourth-order valence-corrected chi connectivity index (χ4v) is 2.83. The maximum atomic E-state index is 12.3. The molecule has 1 fully saturated rings. The molecule has 1 aromatic carbocycles. The first-order valence-corrected chi connectivity index (χ1v) is 8.03. The predicted octanol–water partition coefficient (Wildman–Crippen LogP) is 2.66. The predicted molar refractivity (Wildman–Crippen MR) is 89.4 cm³/mol.